The quantitative estimate of drug-likeness (QED) is 0.708. The SMILES string of the molecule is COCCn1c(CO)nnc1CC(C)COC. The van der Waals surface area contributed by atoms with Gasteiger partial charge in [-0.15, -0.1) is 10.2 Å². The Morgan fingerprint density at radius 1 is 1.24 bits per heavy atom. The van der Waals surface area contributed by atoms with Crippen molar-refractivity contribution < 1.29 is 14.6 Å². The minimum Gasteiger partial charge on any atom is -0.388 e. The Hall–Kier alpha value is -0.980. The van der Waals surface area contributed by atoms with Gasteiger partial charge in [-0.25, -0.2) is 0 Å². The molecule has 17 heavy (non-hydrogen) atoms. The highest BCUT2D eigenvalue weighted by atomic mass is 16.5. The van der Waals surface area contributed by atoms with E-state index in [1.54, 1.807) is 14.2 Å². The van der Waals surface area contributed by atoms with Gasteiger partial charge in [0, 0.05) is 33.8 Å². The van der Waals surface area contributed by atoms with Crippen molar-refractivity contribution in [2.24, 2.45) is 5.92 Å². The zero-order valence-electron chi connectivity index (χ0n) is 10.7. The molecule has 0 aliphatic heterocycles. The molecule has 0 aliphatic rings. The lowest BCUT2D eigenvalue weighted by Gasteiger charge is -2.12. The Kier molecular flexibility index (Phi) is 6.10. The highest BCUT2D eigenvalue weighted by molar-refractivity contribution is 4.96. The van der Waals surface area contributed by atoms with E-state index in [4.69, 9.17) is 9.47 Å². The van der Waals surface area contributed by atoms with Crippen LogP contribution in [0.2, 0.25) is 0 Å². The summed E-state index contributed by atoms with van der Waals surface area (Å²) in [6.07, 6.45) is 0.782. The summed E-state index contributed by atoms with van der Waals surface area (Å²) in [5.41, 5.74) is 0. The van der Waals surface area contributed by atoms with Crippen LogP contribution in [0.15, 0.2) is 0 Å². The lowest BCUT2D eigenvalue weighted by atomic mass is 10.1. The standard InChI is InChI=1S/C11H21N3O3/c1-9(8-17-3)6-10-12-13-11(7-15)14(10)4-5-16-2/h9,15H,4-8H2,1-3H3. The number of methoxy groups -OCH3 is 2. The van der Waals surface area contributed by atoms with Gasteiger partial charge >= 0.3 is 0 Å². The molecule has 1 aromatic rings. The average molecular weight is 243 g/mol. The molecule has 6 nitrogen and oxygen atoms in total. The van der Waals surface area contributed by atoms with E-state index in [0.29, 0.717) is 31.5 Å². The lowest BCUT2D eigenvalue weighted by Crippen LogP contribution is -2.15. The molecule has 0 saturated heterocycles. The predicted octanol–water partition coefficient (Wildman–Crippen LogP) is 0.242. The maximum absolute atomic E-state index is 9.18. The molecule has 0 aliphatic carbocycles. The van der Waals surface area contributed by atoms with Crippen molar-refractivity contribution in [2.75, 3.05) is 27.4 Å². The zero-order valence-corrected chi connectivity index (χ0v) is 10.7. The smallest absolute Gasteiger partial charge is 0.158 e. The largest absolute Gasteiger partial charge is 0.388 e. The molecule has 6 heteroatoms. The number of nitrogens with zero attached hydrogens (tertiary/aromatic N) is 3. The number of aromatic nitrogens is 3. The fourth-order valence-corrected chi connectivity index (χ4v) is 1.74. The van der Waals surface area contributed by atoms with Crippen LogP contribution in [0, 0.1) is 5.92 Å². The first-order valence-corrected chi connectivity index (χ1v) is 5.72. The van der Waals surface area contributed by atoms with Crippen LogP contribution < -0.4 is 0 Å². The van der Waals surface area contributed by atoms with Crippen molar-refractivity contribution in [1.82, 2.24) is 14.8 Å². The lowest BCUT2D eigenvalue weighted by molar-refractivity contribution is 0.156. The second kappa shape index (κ2) is 7.37. The van der Waals surface area contributed by atoms with Gasteiger partial charge in [0.25, 0.3) is 0 Å². The van der Waals surface area contributed by atoms with Crippen LogP contribution >= 0.6 is 0 Å². The summed E-state index contributed by atoms with van der Waals surface area (Å²) in [5.74, 6) is 1.83. The molecule has 0 saturated carbocycles. The molecule has 1 atom stereocenters. The van der Waals surface area contributed by atoms with Gasteiger partial charge < -0.3 is 19.1 Å². The Bertz CT molecular complexity index is 328. The van der Waals surface area contributed by atoms with Crippen LogP contribution in [0.5, 0.6) is 0 Å². The van der Waals surface area contributed by atoms with Crippen molar-refractivity contribution in [3.05, 3.63) is 11.6 Å². The van der Waals surface area contributed by atoms with Gasteiger partial charge in [0.05, 0.1) is 6.61 Å². The minimum atomic E-state index is -0.102. The van der Waals surface area contributed by atoms with E-state index in [2.05, 4.69) is 17.1 Å². The summed E-state index contributed by atoms with van der Waals surface area (Å²) in [7, 11) is 3.33. The molecule has 0 spiro atoms. The van der Waals surface area contributed by atoms with Crippen molar-refractivity contribution in [1.29, 1.82) is 0 Å². The average Bonchev–Trinajstić information content (AvgIpc) is 2.69. The van der Waals surface area contributed by atoms with E-state index >= 15 is 0 Å². The Morgan fingerprint density at radius 2 is 1.94 bits per heavy atom. The van der Waals surface area contributed by atoms with Gasteiger partial charge in [-0.2, -0.15) is 0 Å². The first kappa shape index (κ1) is 14.1. The number of ether oxygens (including phenoxy) is 2. The molecule has 98 valence electrons. The van der Waals surface area contributed by atoms with Gasteiger partial charge in [-0.05, 0) is 5.92 Å². The normalized spacial score (nSPS) is 12.9. The first-order chi connectivity index (χ1) is 8.22. The molecule has 0 fully saturated rings. The molecule has 1 unspecified atom stereocenters. The predicted molar refractivity (Wildman–Crippen MR) is 62.6 cm³/mol. The fraction of sp³-hybridized carbons (Fsp3) is 0.818. The highest BCUT2D eigenvalue weighted by Crippen LogP contribution is 2.09. The molecule has 0 bridgehead atoms. The van der Waals surface area contributed by atoms with Gasteiger partial charge in [-0.3, -0.25) is 0 Å². The number of hydrogen-bond acceptors (Lipinski definition) is 5. The van der Waals surface area contributed by atoms with Crippen LogP contribution in [0.1, 0.15) is 18.6 Å². The maximum atomic E-state index is 9.18. The Balaban J connectivity index is 2.72. The van der Waals surface area contributed by atoms with Crippen LogP contribution in [-0.2, 0) is 29.0 Å². The molecule has 0 amide bonds. The van der Waals surface area contributed by atoms with Crippen molar-refractivity contribution >= 4 is 0 Å². The molecule has 1 N–H and O–H groups in total. The van der Waals surface area contributed by atoms with Crippen molar-refractivity contribution in [3.63, 3.8) is 0 Å². The van der Waals surface area contributed by atoms with E-state index in [1.165, 1.54) is 0 Å². The third-order valence-corrected chi connectivity index (χ3v) is 2.55. The number of rotatable bonds is 8. The highest BCUT2D eigenvalue weighted by Gasteiger charge is 2.13. The van der Waals surface area contributed by atoms with Crippen molar-refractivity contribution in [3.8, 4) is 0 Å². The molecule has 0 aromatic carbocycles. The summed E-state index contributed by atoms with van der Waals surface area (Å²) in [5, 5.41) is 17.3. The monoisotopic (exact) mass is 243 g/mol. The molecular weight excluding hydrogens is 222 g/mol. The minimum absolute atomic E-state index is 0.102. The van der Waals surface area contributed by atoms with Crippen molar-refractivity contribution in [2.45, 2.75) is 26.5 Å². The number of aliphatic hydroxyl groups is 1. The molecule has 0 radical (unpaired) electrons. The summed E-state index contributed by atoms with van der Waals surface area (Å²) >= 11 is 0. The molecule has 1 heterocycles. The summed E-state index contributed by atoms with van der Waals surface area (Å²) in [6.45, 7) is 3.92. The van der Waals surface area contributed by atoms with Gasteiger partial charge in [0.15, 0.2) is 5.82 Å². The van der Waals surface area contributed by atoms with Crippen LogP contribution in [-0.4, -0.2) is 47.3 Å². The Morgan fingerprint density at radius 3 is 2.53 bits per heavy atom. The van der Waals surface area contributed by atoms with E-state index < -0.39 is 0 Å². The number of aliphatic hydroxyl groups excluding tert-OH is 1. The second-order valence-corrected chi connectivity index (χ2v) is 4.10. The Labute approximate surface area is 102 Å². The van der Waals surface area contributed by atoms with E-state index in [1.807, 2.05) is 4.57 Å². The van der Waals surface area contributed by atoms with Gasteiger partial charge in [0.1, 0.15) is 12.4 Å². The summed E-state index contributed by atoms with van der Waals surface area (Å²) in [6, 6.07) is 0. The van der Waals surface area contributed by atoms with Crippen LogP contribution in [0.4, 0.5) is 0 Å². The van der Waals surface area contributed by atoms with Gasteiger partial charge in [-0.1, -0.05) is 6.92 Å². The third kappa shape index (κ3) is 4.07. The van der Waals surface area contributed by atoms with Crippen LogP contribution in [0.3, 0.4) is 0 Å². The third-order valence-electron chi connectivity index (χ3n) is 2.55. The maximum Gasteiger partial charge on any atom is 0.158 e. The second-order valence-electron chi connectivity index (χ2n) is 4.10. The molecule has 1 rings (SSSR count). The first-order valence-electron chi connectivity index (χ1n) is 5.72. The number of hydrogen-bond donors (Lipinski definition) is 1. The van der Waals surface area contributed by atoms with E-state index in [9.17, 15) is 5.11 Å². The van der Waals surface area contributed by atoms with E-state index in [-0.39, 0.29) is 6.61 Å². The topological polar surface area (TPSA) is 69.4 Å². The summed E-state index contributed by atoms with van der Waals surface area (Å²) < 4.78 is 12.1. The fourth-order valence-electron chi connectivity index (χ4n) is 1.74. The molecular formula is C11H21N3O3. The molecule has 1 aromatic heterocycles. The summed E-state index contributed by atoms with van der Waals surface area (Å²) in [4.78, 5) is 0. The van der Waals surface area contributed by atoms with E-state index in [0.717, 1.165) is 12.2 Å². The zero-order chi connectivity index (χ0) is 12.7. The van der Waals surface area contributed by atoms with Gasteiger partial charge in [0.2, 0.25) is 0 Å². The van der Waals surface area contributed by atoms with Crippen LogP contribution in [0.25, 0.3) is 0 Å².